The van der Waals surface area contributed by atoms with E-state index >= 15 is 0 Å². The van der Waals surface area contributed by atoms with E-state index in [-0.39, 0.29) is 18.5 Å². The van der Waals surface area contributed by atoms with Crippen molar-refractivity contribution in [3.8, 4) is 0 Å². The van der Waals surface area contributed by atoms with Crippen molar-refractivity contribution in [2.45, 2.75) is 102 Å². The zero-order valence-electron chi connectivity index (χ0n) is 21.5. The lowest BCUT2D eigenvalue weighted by Crippen LogP contribution is -2.63. The van der Waals surface area contributed by atoms with Crippen LogP contribution in [0, 0.1) is 23.7 Å². The van der Waals surface area contributed by atoms with Gasteiger partial charge < -0.3 is 16.4 Å². The van der Waals surface area contributed by atoms with Crippen LogP contribution >= 0.6 is 0 Å². The summed E-state index contributed by atoms with van der Waals surface area (Å²) in [5.74, 6) is 2.83. The average Bonchev–Trinajstić information content (AvgIpc) is 3.31. The van der Waals surface area contributed by atoms with Crippen LogP contribution in [0.1, 0.15) is 77.6 Å². The van der Waals surface area contributed by atoms with Gasteiger partial charge in [0.2, 0.25) is 0 Å². The molecular weight excluding hydrogens is 429 g/mol. The molecule has 0 spiro atoms. The predicted molar refractivity (Wildman–Crippen MR) is 138 cm³/mol. The maximum atomic E-state index is 13.5. The summed E-state index contributed by atoms with van der Waals surface area (Å²) in [5.41, 5.74) is 10.1. The van der Waals surface area contributed by atoms with Crippen molar-refractivity contribution < 1.29 is 4.39 Å². The Morgan fingerprint density at radius 2 is 1.74 bits per heavy atom. The van der Waals surface area contributed by atoms with Crippen LogP contribution in [0.15, 0.2) is 0 Å². The molecule has 7 nitrogen and oxygen atoms in total. The lowest BCUT2D eigenvalue weighted by molar-refractivity contribution is 0.128. The summed E-state index contributed by atoms with van der Waals surface area (Å²) in [4.78, 5) is 0. The van der Waals surface area contributed by atoms with Crippen LogP contribution in [0.2, 0.25) is 0 Å². The number of hydrogen-bond acceptors (Lipinski definition) is 7. The van der Waals surface area contributed by atoms with Gasteiger partial charge in [-0.1, -0.05) is 26.2 Å². The second kappa shape index (κ2) is 13.8. The molecule has 0 amide bonds. The SMILES string of the molecule is CCNC[C@@H](N)NC1CC(C2CNN(CC3CCCCC3)C2)CC(NCC2CCC(F)CC2)N1. The number of nitrogens with two attached hydrogens (primary N) is 1. The van der Waals surface area contributed by atoms with Crippen molar-refractivity contribution in [2.24, 2.45) is 29.4 Å². The quantitative estimate of drug-likeness (QED) is 0.252. The fourth-order valence-electron chi connectivity index (χ4n) is 6.77. The van der Waals surface area contributed by atoms with E-state index in [9.17, 15) is 4.39 Å². The van der Waals surface area contributed by atoms with Crippen LogP contribution < -0.4 is 32.4 Å². The maximum absolute atomic E-state index is 13.5. The molecule has 4 aliphatic rings. The van der Waals surface area contributed by atoms with Crippen molar-refractivity contribution in [3.05, 3.63) is 0 Å². The van der Waals surface area contributed by atoms with Gasteiger partial charge in [0, 0.05) is 26.2 Å². The van der Waals surface area contributed by atoms with Crippen LogP contribution in [-0.2, 0) is 0 Å². The molecule has 7 N–H and O–H groups in total. The summed E-state index contributed by atoms with van der Waals surface area (Å²) in [6.07, 6.45) is 12.7. The van der Waals surface area contributed by atoms with Crippen LogP contribution in [0.5, 0.6) is 0 Å². The third-order valence-corrected chi connectivity index (χ3v) is 8.84. The molecule has 2 saturated carbocycles. The van der Waals surface area contributed by atoms with E-state index in [1.54, 1.807) is 0 Å². The standard InChI is InChI=1S/C26H52FN7/c1-2-29-16-24(28)32-26-13-21(12-25(33-26)30-14-19-8-10-23(27)11-9-19)22-15-31-34(18-22)17-20-6-4-3-5-7-20/h19-26,29-33H,2-18,28H2,1H3/t19?,21?,22?,23?,24-,25?,26?/m0/s1. The first-order valence-electron chi connectivity index (χ1n) is 14.4. The smallest absolute Gasteiger partial charge is 0.100 e. The third-order valence-electron chi connectivity index (χ3n) is 8.84. The highest BCUT2D eigenvalue weighted by molar-refractivity contribution is 4.91. The Bertz CT molecular complexity index is 567. The minimum Gasteiger partial charge on any atom is -0.315 e. The molecule has 2 heterocycles. The molecule has 5 atom stereocenters. The molecule has 0 aromatic rings. The number of halogens is 1. The fraction of sp³-hybridized carbons (Fsp3) is 1.00. The molecule has 2 aliphatic heterocycles. The first-order chi connectivity index (χ1) is 16.6. The summed E-state index contributed by atoms with van der Waals surface area (Å²) in [7, 11) is 0. The molecule has 34 heavy (non-hydrogen) atoms. The minimum absolute atomic E-state index is 0.0545. The van der Waals surface area contributed by atoms with E-state index in [2.05, 4.69) is 38.6 Å². The molecule has 4 rings (SSSR count). The monoisotopic (exact) mass is 481 g/mol. The summed E-state index contributed by atoms with van der Waals surface area (Å²) >= 11 is 0. The summed E-state index contributed by atoms with van der Waals surface area (Å²) in [6, 6.07) is 0. The van der Waals surface area contributed by atoms with E-state index in [1.165, 1.54) is 45.2 Å². The molecule has 8 heteroatoms. The van der Waals surface area contributed by atoms with Crippen molar-refractivity contribution in [1.82, 2.24) is 31.7 Å². The lowest BCUT2D eigenvalue weighted by atomic mass is 9.82. The van der Waals surface area contributed by atoms with Gasteiger partial charge in [-0.2, -0.15) is 0 Å². The van der Waals surface area contributed by atoms with Crippen molar-refractivity contribution in [3.63, 3.8) is 0 Å². The second-order valence-electron chi connectivity index (χ2n) is 11.6. The van der Waals surface area contributed by atoms with Crippen LogP contribution in [0.3, 0.4) is 0 Å². The summed E-state index contributed by atoms with van der Waals surface area (Å²) in [6.45, 7) is 8.31. The van der Waals surface area contributed by atoms with E-state index < -0.39 is 6.17 Å². The van der Waals surface area contributed by atoms with Gasteiger partial charge >= 0.3 is 0 Å². The Morgan fingerprint density at radius 1 is 0.971 bits per heavy atom. The normalized spacial score (nSPS) is 37.1. The van der Waals surface area contributed by atoms with Crippen molar-refractivity contribution >= 4 is 0 Å². The Kier molecular flexibility index (Phi) is 10.9. The van der Waals surface area contributed by atoms with Crippen molar-refractivity contribution in [1.29, 1.82) is 0 Å². The van der Waals surface area contributed by atoms with E-state index in [0.29, 0.717) is 17.8 Å². The van der Waals surface area contributed by atoms with Crippen LogP contribution in [-0.4, -0.2) is 68.9 Å². The number of nitrogens with zero attached hydrogens (tertiary/aromatic N) is 1. The molecule has 2 saturated heterocycles. The molecule has 2 aliphatic carbocycles. The average molecular weight is 482 g/mol. The highest BCUT2D eigenvalue weighted by Gasteiger charge is 2.37. The van der Waals surface area contributed by atoms with Crippen molar-refractivity contribution in [2.75, 3.05) is 39.3 Å². The minimum atomic E-state index is -0.577. The molecule has 4 unspecified atom stereocenters. The number of nitrogens with one attached hydrogen (secondary N) is 5. The van der Waals surface area contributed by atoms with Gasteiger partial charge in [-0.3, -0.25) is 16.1 Å². The number of hydrazine groups is 1. The largest absolute Gasteiger partial charge is 0.315 e. The first kappa shape index (κ1) is 26.7. The van der Waals surface area contributed by atoms with Gasteiger partial charge in [0.05, 0.1) is 18.5 Å². The highest BCUT2D eigenvalue weighted by atomic mass is 19.1. The first-order valence-corrected chi connectivity index (χ1v) is 14.4. The fourth-order valence-corrected chi connectivity index (χ4v) is 6.77. The van der Waals surface area contributed by atoms with Gasteiger partial charge in [0.25, 0.3) is 0 Å². The number of rotatable bonds is 11. The lowest BCUT2D eigenvalue weighted by Gasteiger charge is -2.41. The Labute approximate surface area is 207 Å². The maximum Gasteiger partial charge on any atom is 0.100 e. The molecule has 198 valence electrons. The summed E-state index contributed by atoms with van der Waals surface area (Å²) in [5, 5.41) is 17.1. The zero-order chi connectivity index (χ0) is 23.8. The van der Waals surface area contributed by atoms with Gasteiger partial charge in [-0.25, -0.2) is 9.40 Å². The van der Waals surface area contributed by atoms with E-state index in [0.717, 1.165) is 70.6 Å². The Balaban J connectivity index is 1.29. The second-order valence-corrected chi connectivity index (χ2v) is 11.6. The molecule has 0 aromatic heterocycles. The summed E-state index contributed by atoms with van der Waals surface area (Å²) < 4.78 is 13.5. The third kappa shape index (κ3) is 8.36. The van der Waals surface area contributed by atoms with Gasteiger partial charge in [0.15, 0.2) is 0 Å². The zero-order valence-corrected chi connectivity index (χ0v) is 21.5. The number of hydrogen-bond donors (Lipinski definition) is 6. The molecular formula is C26H52FN7. The van der Waals surface area contributed by atoms with E-state index in [4.69, 9.17) is 5.73 Å². The molecule has 0 bridgehead atoms. The molecule has 0 aromatic carbocycles. The molecule has 0 radical (unpaired) electrons. The van der Waals surface area contributed by atoms with Gasteiger partial charge in [-0.15, -0.1) is 0 Å². The van der Waals surface area contributed by atoms with E-state index in [1.807, 2.05) is 0 Å². The number of likely N-dealkylation sites (N-methyl/N-ethyl adjacent to an activating group) is 1. The predicted octanol–water partition coefficient (Wildman–Crippen LogP) is 2.26. The van der Waals surface area contributed by atoms with Crippen LogP contribution in [0.25, 0.3) is 0 Å². The number of piperidine rings is 1. The van der Waals surface area contributed by atoms with Gasteiger partial charge in [0.1, 0.15) is 6.17 Å². The Hall–Kier alpha value is -0.350. The number of alkyl halides is 1. The molecule has 4 fully saturated rings. The topological polar surface area (TPSA) is 89.4 Å². The highest BCUT2D eigenvalue weighted by Crippen LogP contribution is 2.31. The Morgan fingerprint density at radius 3 is 2.50 bits per heavy atom. The van der Waals surface area contributed by atoms with Gasteiger partial charge in [-0.05, 0) is 88.1 Å². The van der Waals surface area contributed by atoms with Crippen LogP contribution in [0.4, 0.5) is 4.39 Å².